The average molecular weight is 325 g/mol. The lowest BCUT2D eigenvalue weighted by Gasteiger charge is -2.16. The van der Waals surface area contributed by atoms with Crippen molar-refractivity contribution in [2.75, 3.05) is 5.75 Å². The number of nitrogens with zero attached hydrogens (tertiary/aromatic N) is 2. The maximum Gasteiger partial charge on any atom is 0.236 e. The molecule has 1 amide bonds. The van der Waals surface area contributed by atoms with Crippen molar-refractivity contribution in [1.29, 1.82) is 0 Å². The molecule has 0 bridgehead atoms. The van der Waals surface area contributed by atoms with Crippen LogP contribution in [0.1, 0.15) is 26.7 Å². The van der Waals surface area contributed by atoms with Crippen LogP contribution in [-0.4, -0.2) is 27.8 Å². The molecular weight excluding hydrogens is 306 g/mol. The van der Waals surface area contributed by atoms with E-state index in [1.807, 2.05) is 24.4 Å². The summed E-state index contributed by atoms with van der Waals surface area (Å²) >= 11 is 3.05. The molecule has 2 aromatic rings. The van der Waals surface area contributed by atoms with Gasteiger partial charge in [-0.3, -0.25) is 4.79 Å². The number of carbonyl (C=O) groups excluding carboxylic acids is 1. The van der Waals surface area contributed by atoms with Crippen LogP contribution in [0, 0.1) is 5.92 Å². The number of aromatic nitrogens is 2. The SMILES string of the molecule is CC(C)C(C)NC(=O)CSCc1nc(-c2cccs2)no1. The lowest BCUT2D eigenvalue weighted by molar-refractivity contribution is -0.119. The summed E-state index contributed by atoms with van der Waals surface area (Å²) in [5.74, 6) is 2.57. The Bertz CT molecular complexity index is 567. The summed E-state index contributed by atoms with van der Waals surface area (Å²) < 4.78 is 5.18. The molecule has 7 heteroatoms. The first kappa shape index (κ1) is 16.0. The van der Waals surface area contributed by atoms with E-state index in [4.69, 9.17) is 4.52 Å². The Balaban J connectivity index is 1.75. The van der Waals surface area contributed by atoms with Crippen molar-refractivity contribution in [3.8, 4) is 10.7 Å². The predicted molar refractivity (Wildman–Crippen MR) is 86.2 cm³/mol. The maximum absolute atomic E-state index is 11.7. The highest BCUT2D eigenvalue weighted by Gasteiger charge is 2.12. The van der Waals surface area contributed by atoms with Gasteiger partial charge in [-0.05, 0) is 24.3 Å². The number of hydrogen-bond donors (Lipinski definition) is 1. The lowest BCUT2D eigenvalue weighted by Crippen LogP contribution is -2.37. The fraction of sp³-hybridized carbons (Fsp3) is 0.500. The van der Waals surface area contributed by atoms with Gasteiger partial charge in [0.05, 0.1) is 16.4 Å². The molecule has 1 N–H and O–H groups in total. The van der Waals surface area contributed by atoms with E-state index in [0.29, 0.717) is 29.1 Å². The molecule has 0 radical (unpaired) electrons. The number of thioether (sulfide) groups is 1. The molecule has 0 fully saturated rings. The Morgan fingerprint density at radius 3 is 2.95 bits per heavy atom. The van der Waals surface area contributed by atoms with E-state index >= 15 is 0 Å². The molecule has 0 saturated carbocycles. The van der Waals surface area contributed by atoms with E-state index in [1.54, 1.807) is 11.3 Å². The fourth-order valence-electron chi connectivity index (χ4n) is 1.51. The van der Waals surface area contributed by atoms with Gasteiger partial charge in [-0.2, -0.15) is 4.98 Å². The summed E-state index contributed by atoms with van der Waals surface area (Å²) in [6.45, 7) is 6.18. The van der Waals surface area contributed by atoms with Crippen LogP contribution in [0.2, 0.25) is 0 Å². The molecule has 2 aromatic heterocycles. The molecule has 0 aliphatic heterocycles. The molecule has 1 unspecified atom stereocenters. The van der Waals surface area contributed by atoms with Crippen LogP contribution in [0.15, 0.2) is 22.0 Å². The minimum atomic E-state index is 0.0409. The van der Waals surface area contributed by atoms with Crippen molar-refractivity contribution < 1.29 is 9.32 Å². The second-order valence-corrected chi connectivity index (χ2v) is 7.02. The van der Waals surface area contributed by atoms with Gasteiger partial charge in [-0.1, -0.05) is 25.1 Å². The Morgan fingerprint density at radius 2 is 2.29 bits per heavy atom. The zero-order valence-electron chi connectivity index (χ0n) is 12.3. The summed E-state index contributed by atoms with van der Waals surface area (Å²) in [4.78, 5) is 17.0. The normalized spacial score (nSPS) is 12.6. The monoisotopic (exact) mass is 325 g/mol. The second-order valence-electron chi connectivity index (χ2n) is 5.08. The Labute approximate surface area is 132 Å². The van der Waals surface area contributed by atoms with Crippen LogP contribution in [0.3, 0.4) is 0 Å². The average Bonchev–Trinajstić information content (AvgIpc) is 3.08. The first-order valence-electron chi connectivity index (χ1n) is 6.80. The first-order valence-corrected chi connectivity index (χ1v) is 8.83. The molecule has 5 nitrogen and oxygen atoms in total. The summed E-state index contributed by atoms with van der Waals surface area (Å²) in [6.07, 6.45) is 0. The third-order valence-electron chi connectivity index (χ3n) is 3.06. The van der Waals surface area contributed by atoms with Gasteiger partial charge in [0.15, 0.2) is 0 Å². The molecule has 0 saturated heterocycles. The predicted octanol–water partition coefficient (Wildman–Crippen LogP) is 3.19. The lowest BCUT2D eigenvalue weighted by atomic mass is 10.1. The number of thiophene rings is 1. The van der Waals surface area contributed by atoms with Gasteiger partial charge in [0.1, 0.15) is 0 Å². The van der Waals surface area contributed by atoms with Crippen LogP contribution in [0.25, 0.3) is 10.7 Å². The number of nitrogens with one attached hydrogen (secondary N) is 1. The van der Waals surface area contributed by atoms with Crippen LogP contribution in [-0.2, 0) is 10.5 Å². The van der Waals surface area contributed by atoms with Gasteiger partial charge in [0.25, 0.3) is 0 Å². The summed E-state index contributed by atoms with van der Waals surface area (Å²) in [5.41, 5.74) is 0. The van der Waals surface area contributed by atoms with Gasteiger partial charge in [0, 0.05) is 6.04 Å². The molecule has 0 aliphatic carbocycles. The van der Waals surface area contributed by atoms with Crippen molar-refractivity contribution in [1.82, 2.24) is 15.5 Å². The molecule has 21 heavy (non-hydrogen) atoms. The highest BCUT2D eigenvalue weighted by atomic mass is 32.2. The fourth-order valence-corrected chi connectivity index (χ4v) is 2.82. The van der Waals surface area contributed by atoms with Crippen molar-refractivity contribution >= 4 is 29.0 Å². The maximum atomic E-state index is 11.7. The summed E-state index contributed by atoms with van der Waals surface area (Å²) in [5, 5.41) is 8.88. The zero-order chi connectivity index (χ0) is 15.2. The number of carbonyl (C=O) groups is 1. The standard InChI is InChI=1S/C14H19N3O2S2/c1-9(2)10(3)15-12(18)7-20-8-13-16-14(17-19-13)11-5-4-6-21-11/h4-6,9-10H,7-8H2,1-3H3,(H,15,18). The van der Waals surface area contributed by atoms with Crippen LogP contribution < -0.4 is 5.32 Å². The highest BCUT2D eigenvalue weighted by molar-refractivity contribution is 7.99. The third-order valence-corrected chi connectivity index (χ3v) is 4.84. The smallest absolute Gasteiger partial charge is 0.236 e. The van der Waals surface area contributed by atoms with E-state index in [2.05, 4.69) is 29.3 Å². The van der Waals surface area contributed by atoms with Gasteiger partial charge < -0.3 is 9.84 Å². The van der Waals surface area contributed by atoms with E-state index in [0.717, 1.165) is 4.88 Å². The molecule has 114 valence electrons. The van der Waals surface area contributed by atoms with Gasteiger partial charge in [-0.15, -0.1) is 23.1 Å². The highest BCUT2D eigenvalue weighted by Crippen LogP contribution is 2.22. The van der Waals surface area contributed by atoms with Crippen LogP contribution in [0.4, 0.5) is 0 Å². The number of hydrogen-bond acceptors (Lipinski definition) is 6. The molecular formula is C14H19N3O2S2. The minimum Gasteiger partial charge on any atom is -0.353 e. The first-order chi connectivity index (χ1) is 10.1. The third kappa shape index (κ3) is 4.86. The van der Waals surface area contributed by atoms with E-state index in [-0.39, 0.29) is 11.9 Å². The molecule has 0 aromatic carbocycles. The number of amides is 1. The molecule has 0 aliphatic rings. The van der Waals surface area contributed by atoms with Gasteiger partial charge in [0.2, 0.25) is 17.6 Å². The van der Waals surface area contributed by atoms with Gasteiger partial charge in [-0.25, -0.2) is 0 Å². The number of rotatable bonds is 7. The molecule has 2 heterocycles. The molecule has 0 spiro atoms. The Hall–Kier alpha value is -1.34. The van der Waals surface area contributed by atoms with Crippen molar-refractivity contribution in [2.45, 2.75) is 32.6 Å². The second kappa shape index (κ2) is 7.61. The van der Waals surface area contributed by atoms with Crippen molar-refractivity contribution in [3.63, 3.8) is 0 Å². The van der Waals surface area contributed by atoms with E-state index in [1.165, 1.54) is 11.8 Å². The van der Waals surface area contributed by atoms with Crippen molar-refractivity contribution in [3.05, 3.63) is 23.4 Å². The Kier molecular flexibility index (Phi) is 5.81. The largest absolute Gasteiger partial charge is 0.353 e. The Morgan fingerprint density at radius 1 is 1.48 bits per heavy atom. The molecule has 1 atom stereocenters. The topological polar surface area (TPSA) is 68.0 Å². The van der Waals surface area contributed by atoms with Crippen LogP contribution in [0.5, 0.6) is 0 Å². The quantitative estimate of drug-likeness (QED) is 0.846. The van der Waals surface area contributed by atoms with E-state index < -0.39 is 0 Å². The van der Waals surface area contributed by atoms with Crippen molar-refractivity contribution in [2.24, 2.45) is 5.92 Å². The summed E-state index contributed by atoms with van der Waals surface area (Å²) in [6, 6.07) is 4.09. The molecule has 2 rings (SSSR count). The van der Waals surface area contributed by atoms with Crippen LogP contribution >= 0.6 is 23.1 Å². The minimum absolute atomic E-state index is 0.0409. The summed E-state index contributed by atoms with van der Waals surface area (Å²) in [7, 11) is 0. The van der Waals surface area contributed by atoms with E-state index in [9.17, 15) is 4.79 Å². The zero-order valence-corrected chi connectivity index (χ0v) is 14.0. The van der Waals surface area contributed by atoms with Gasteiger partial charge >= 0.3 is 0 Å².